The maximum Gasteiger partial charge on any atom is 0.416 e. The van der Waals surface area contributed by atoms with Crippen LogP contribution in [0.15, 0.2) is 90.5 Å². The summed E-state index contributed by atoms with van der Waals surface area (Å²) in [6.45, 7) is 0.257. The van der Waals surface area contributed by atoms with Crippen LogP contribution in [0, 0.1) is 11.8 Å². The molecule has 52 heavy (non-hydrogen) atoms. The molecule has 6 nitrogen and oxygen atoms in total. The molecule has 0 radical (unpaired) electrons. The van der Waals surface area contributed by atoms with Gasteiger partial charge in [0, 0.05) is 18.0 Å². The van der Waals surface area contributed by atoms with Crippen molar-refractivity contribution < 1.29 is 45.5 Å². The lowest BCUT2D eigenvalue weighted by Gasteiger charge is -2.32. The minimum atomic E-state index is -4.61. The number of esters is 1. The zero-order valence-electron chi connectivity index (χ0n) is 28.4. The number of hydrogen-bond acceptors (Lipinski definition) is 4. The van der Waals surface area contributed by atoms with E-state index in [1.165, 1.54) is 12.1 Å². The van der Waals surface area contributed by atoms with Crippen LogP contribution in [0.3, 0.4) is 0 Å². The highest BCUT2D eigenvalue weighted by molar-refractivity contribution is 6.04. The Morgan fingerprint density at radius 2 is 1.42 bits per heavy atom. The quantitative estimate of drug-likeness (QED) is 0.172. The molecule has 0 aliphatic heterocycles. The van der Waals surface area contributed by atoms with Gasteiger partial charge in [0.05, 0.1) is 18.1 Å². The highest BCUT2D eigenvalue weighted by Crippen LogP contribution is 2.51. The second-order valence-corrected chi connectivity index (χ2v) is 13.7. The van der Waals surface area contributed by atoms with Crippen LogP contribution in [-0.2, 0) is 30.7 Å². The van der Waals surface area contributed by atoms with Crippen LogP contribution in [0.4, 0.5) is 26.3 Å². The number of carbonyl (C=O) groups excluding carboxylic acids is 3. The number of fused-ring (bicyclic) bond motifs is 3. The van der Waals surface area contributed by atoms with E-state index in [9.17, 15) is 40.7 Å². The molecule has 274 valence electrons. The zero-order valence-corrected chi connectivity index (χ0v) is 28.4. The largest absolute Gasteiger partial charge is 0.465 e. The lowest BCUT2D eigenvalue weighted by Crippen LogP contribution is -2.47. The second kappa shape index (κ2) is 14.6. The van der Waals surface area contributed by atoms with Crippen LogP contribution < -0.4 is 10.6 Å². The number of amides is 2. The summed E-state index contributed by atoms with van der Waals surface area (Å²) < 4.78 is 84.6. The third-order valence-electron chi connectivity index (χ3n) is 10.3. The highest BCUT2D eigenvalue weighted by atomic mass is 19.4. The van der Waals surface area contributed by atoms with Crippen LogP contribution in [0.25, 0.3) is 16.7 Å². The number of ether oxygens (including phenoxy) is 1. The molecule has 3 aliphatic rings. The molecule has 0 spiro atoms. The maximum absolute atomic E-state index is 13.7. The minimum Gasteiger partial charge on any atom is -0.465 e. The van der Waals surface area contributed by atoms with Gasteiger partial charge >= 0.3 is 18.3 Å². The van der Waals surface area contributed by atoms with Gasteiger partial charge in [-0.25, -0.2) is 0 Å². The summed E-state index contributed by atoms with van der Waals surface area (Å²) >= 11 is 0. The zero-order chi connectivity index (χ0) is 37.3. The molecule has 1 atom stereocenters. The van der Waals surface area contributed by atoms with Crippen molar-refractivity contribution in [3.05, 3.63) is 113 Å². The average molecular weight is 725 g/mol. The van der Waals surface area contributed by atoms with Gasteiger partial charge < -0.3 is 15.4 Å². The summed E-state index contributed by atoms with van der Waals surface area (Å²) in [6.07, 6.45) is -3.25. The standard InChI is InChI=1S/C40H38F6N2O4/c1-24-10-19-31(32(22-24)25-11-15-27(16-12-25)40(44,45)46)35(49)48-28-17-13-26(14-18-28)36(50)52-21-20-38(37(51)47-23-39(41,42)43)33-8-4-2-6-29(33)30-7-3-5-9-34(30)38/h2-12,15-16,19,24,26,28H,13-14,17-18,20-23H2,1H3,(H,47,51)(H,48,49). The molecule has 6 rings (SSSR count). The first-order valence-electron chi connectivity index (χ1n) is 17.3. The Bertz CT molecular complexity index is 1840. The van der Waals surface area contributed by atoms with Gasteiger partial charge in [-0.3, -0.25) is 14.4 Å². The third kappa shape index (κ3) is 7.66. The smallest absolute Gasteiger partial charge is 0.416 e. The summed E-state index contributed by atoms with van der Waals surface area (Å²) in [4.78, 5) is 40.4. The van der Waals surface area contributed by atoms with Crippen molar-refractivity contribution in [3.63, 3.8) is 0 Å². The fourth-order valence-corrected chi connectivity index (χ4v) is 7.65. The van der Waals surface area contributed by atoms with Crippen molar-refractivity contribution >= 4 is 23.4 Å². The third-order valence-corrected chi connectivity index (χ3v) is 10.3. The Labute approximate surface area is 297 Å². The van der Waals surface area contributed by atoms with Crippen LogP contribution in [-0.4, -0.2) is 43.2 Å². The number of nitrogens with one attached hydrogen (secondary N) is 2. The maximum atomic E-state index is 13.7. The second-order valence-electron chi connectivity index (χ2n) is 13.7. The molecule has 2 amide bonds. The molecule has 2 N–H and O–H groups in total. The summed E-state index contributed by atoms with van der Waals surface area (Å²) in [5, 5.41) is 5.10. The number of allylic oxidation sites excluding steroid dienone is 2. The molecular formula is C40H38F6N2O4. The van der Waals surface area contributed by atoms with Gasteiger partial charge in [-0.05, 0) is 83.5 Å². The normalized spacial score (nSPS) is 20.9. The number of alkyl halides is 6. The van der Waals surface area contributed by atoms with Crippen LogP contribution in [0.2, 0.25) is 0 Å². The van der Waals surface area contributed by atoms with Gasteiger partial charge in [0.2, 0.25) is 5.91 Å². The Kier molecular flexibility index (Phi) is 10.4. The van der Waals surface area contributed by atoms with Crippen LogP contribution >= 0.6 is 0 Å². The van der Waals surface area contributed by atoms with E-state index >= 15 is 0 Å². The van der Waals surface area contributed by atoms with Gasteiger partial charge in [0.1, 0.15) is 12.0 Å². The Hall–Kier alpha value is -4.87. The first kappa shape index (κ1) is 36.9. The molecule has 1 fully saturated rings. The average Bonchev–Trinajstić information content (AvgIpc) is 3.40. The van der Waals surface area contributed by atoms with Crippen molar-refractivity contribution in [2.75, 3.05) is 13.2 Å². The van der Waals surface area contributed by atoms with Gasteiger partial charge in [0.25, 0.3) is 5.91 Å². The lowest BCUT2D eigenvalue weighted by molar-refractivity contribution is -0.151. The van der Waals surface area contributed by atoms with E-state index in [2.05, 4.69) is 10.6 Å². The molecule has 1 unspecified atom stereocenters. The molecule has 12 heteroatoms. The predicted molar refractivity (Wildman–Crippen MR) is 182 cm³/mol. The molecular weight excluding hydrogens is 686 g/mol. The number of hydrogen-bond donors (Lipinski definition) is 2. The van der Waals surface area contributed by atoms with E-state index in [-0.39, 0.29) is 30.9 Å². The van der Waals surface area contributed by atoms with E-state index in [0.717, 1.165) is 23.3 Å². The first-order valence-corrected chi connectivity index (χ1v) is 17.3. The van der Waals surface area contributed by atoms with E-state index in [1.807, 2.05) is 25.1 Å². The molecule has 3 aromatic rings. The topological polar surface area (TPSA) is 84.5 Å². The summed E-state index contributed by atoms with van der Waals surface area (Å²) in [5.41, 5.74) is 1.88. The minimum absolute atomic E-state index is 0.0651. The number of halogens is 6. The van der Waals surface area contributed by atoms with Crippen molar-refractivity contribution in [1.29, 1.82) is 0 Å². The van der Waals surface area contributed by atoms with E-state index < -0.39 is 47.7 Å². The fraction of sp³-hybridized carbons (Fsp3) is 0.375. The Morgan fingerprint density at radius 3 is 2.00 bits per heavy atom. The molecule has 1 saturated carbocycles. The fourth-order valence-electron chi connectivity index (χ4n) is 7.65. The van der Waals surface area contributed by atoms with Crippen molar-refractivity contribution in [2.45, 2.75) is 69.3 Å². The number of rotatable bonds is 9. The number of benzene rings is 3. The molecule has 3 aliphatic carbocycles. The summed E-state index contributed by atoms with van der Waals surface area (Å²) in [6, 6.07) is 18.6. The predicted octanol–water partition coefficient (Wildman–Crippen LogP) is 8.31. The van der Waals surface area contributed by atoms with Gasteiger partial charge in [-0.1, -0.05) is 79.7 Å². The monoisotopic (exact) mass is 724 g/mol. The molecule has 0 aromatic heterocycles. The van der Waals surface area contributed by atoms with Crippen LogP contribution in [0.1, 0.15) is 67.7 Å². The number of carbonyl (C=O) groups is 3. The first-order chi connectivity index (χ1) is 24.7. The van der Waals surface area contributed by atoms with E-state index in [0.29, 0.717) is 59.9 Å². The van der Waals surface area contributed by atoms with E-state index in [4.69, 9.17) is 4.74 Å². The summed E-state index contributed by atoms with van der Waals surface area (Å²) in [7, 11) is 0. The van der Waals surface area contributed by atoms with Crippen molar-refractivity contribution in [2.24, 2.45) is 11.8 Å². The van der Waals surface area contributed by atoms with Crippen molar-refractivity contribution in [1.82, 2.24) is 10.6 Å². The summed E-state index contributed by atoms with van der Waals surface area (Å²) in [5.74, 6) is -2.02. The Balaban J connectivity index is 1.09. The molecule has 0 heterocycles. The highest BCUT2D eigenvalue weighted by Gasteiger charge is 2.49. The lowest BCUT2D eigenvalue weighted by atomic mass is 9.74. The van der Waals surface area contributed by atoms with E-state index in [1.54, 1.807) is 42.5 Å². The SMILES string of the molecule is CC1C=CC(C(=O)NC2CCC(C(=O)OCCC3(C(=O)NCC(F)(F)F)c4ccccc4-c4ccccc43)CC2)=C(c2ccc(C(F)(F)F)cc2)C1. The van der Waals surface area contributed by atoms with Gasteiger partial charge in [-0.2, -0.15) is 26.3 Å². The molecule has 0 saturated heterocycles. The van der Waals surface area contributed by atoms with Gasteiger partial charge in [-0.15, -0.1) is 0 Å². The Morgan fingerprint density at radius 1 is 0.827 bits per heavy atom. The molecule has 3 aromatic carbocycles. The van der Waals surface area contributed by atoms with Crippen molar-refractivity contribution in [3.8, 4) is 11.1 Å². The van der Waals surface area contributed by atoms with Crippen LogP contribution in [0.5, 0.6) is 0 Å². The molecule has 0 bridgehead atoms. The van der Waals surface area contributed by atoms with Gasteiger partial charge in [0.15, 0.2) is 0 Å².